The van der Waals surface area contributed by atoms with E-state index in [2.05, 4.69) is 10.5 Å². The first-order valence-corrected chi connectivity index (χ1v) is 6.37. The van der Waals surface area contributed by atoms with Gasteiger partial charge in [0.2, 0.25) is 0 Å². The van der Waals surface area contributed by atoms with Crippen molar-refractivity contribution in [2.45, 2.75) is 31.7 Å². The van der Waals surface area contributed by atoms with E-state index in [1.807, 2.05) is 6.92 Å². The predicted molar refractivity (Wildman–Crippen MR) is 70.7 cm³/mol. The van der Waals surface area contributed by atoms with Crippen molar-refractivity contribution in [2.75, 3.05) is 5.32 Å². The molecule has 0 saturated heterocycles. The van der Waals surface area contributed by atoms with Gasteiger partial charge in [-0.1, -0.05) is 17.3 Å². The zero-order valence-corrected chi connectivity index (χ0v) is 11.3. The van der Waals surface area contributed by atoms with Crippen LogP contribution in [0, 0.1) is 0 Å². The first-order chi connectivity index (χ1) is 9.86. The van der Waals surface area contributed by atoms with Crippen molar-refractivity contribution in [1.82, 2.24) is 5.16 Å². The van der Waals surface area contributed by atoms with Crippen LogP contribution in [0.15, 0.2) is 41.1 Å². The van der Waals surface area contributed by atoms with Gasteiger partial charge in [-0.2, -0.15) is 13.2 Å². The molecular formula is C14H15F3N2O2. The van der Waals surface area contributed by atoms with Crippen LogP contribution < -0.4 is 5.32 Å². The summed E-state index contributed by atoms with van der Waals surface area (Å²) in [6.45, 7) is 1.92. The first-order valence-electron chi connectivity index (χ1n) is 6.37. The molecule has 1 aromatic heterocycles. The zero-order valence-electron chi connectivity index (χ0n) is 11.3. The Balaban J connectivity index is 1.96. The lowest BCUT2D eigenvalue weighted by atomic mass is 10.1. The molecule has 0 amide bonds. The van der Waals surface area contributed by atoms with Crippen molar-refractivity contribution >= 4 is 5.69 Å². The number of aromatic nitrogens is 1. The van der Waals surface area contributed by atoms with E-state index in [4.69, 9.17) is 9.63 Å². The van der Waals surface area contributed by atoms with Crippen LogP contribution in [-0.2, 0) is 6.42 Å². The summed E-state index contributed by atoms with van der Waals surface area (Å²) in [5.74, 6) is 0.721. The molecule has 0 fully saturated rings. The first kappa shape index (κ1) is 15.4. The maximum atomic E-state index is 12.4. The summed E-state index contributed by atoms with van der Waals surface area (Å²) in [5, 5.41) is 15.9. The molecule has 114 valence electrons. The number of alkyl halides is 3. The van der Waals surface area contributed by atoms with Crippen molar-refractivity contribution in [1.29, 1.82) is 0 Å². The molecular weight excluding hydrogens is 285 g/mol. The molecule has 21 heavy (non-hydrogen) atoms. The number of aliphatic hydroxyl groups is 1. The maximum absolute atomic E-state index is 12.4. The van der Waals surface area contributed by atoms with E-state index in [-0.39, 0.29) is 11.6 Å². The number of nitrogens with one attached hydrogen (secondary N) is 1. The molecule has 0 bridgehead atoms. The van der Waals surface area contributed by atoms with Crippen LogP contribution in [0.4, 0.5) is 18.9 Å². The summed E-state index contributed by atoms with van der Waals surface area (Å²) < 4.78 is 42.1. The van der Waals surface area contributed by atoms with Crippen molar-refractivity contribution in [2.24, 2.45) is 0 Å². The molecule has 0 radical (unpaired) electrons. The van der Waals surface area contributed by atoms with Gasteiger partial charge < -0.3 is 14.9 Å². The lowest BCUT2D eigenvalue weighted by Gasteiger charge is -2.17. The van der Waals surface area contributed by atoms with E-state index in [1.54, 1.807) is 12.3 Å². The summed E-state index contributed by atoms with van der Waals surface area (Å²) in [5.41, 5.74) is 0.482. The molecule has 2 N–H and O–H groups in total. The van der Waals surface area contributed by atoms with Crippen LogP contribution in [0.25, 0.3) is 0 Å². The van der Waals surface area contributed by atoms with Crippen molar-refractivity contribution in [3.63, 3.8) is 0 Å². The molecule has 0 aliphatic heterocycles. The third kappa shape index (κ3) is 4.22. The number of benzene rings is 1. The highest BCUT2D eigenvalue weighted by molar-refractivity contribution is 5.46. The lowest BCUT2D eigenvalue weighted by molar-refractivity contribution is -0.206. The Morgan fingerprint density at radius 3 is 2.43 bits per heavy atom. The Bertz CT molecular complexity index is 553. The quantitative estimate of drug-likeness (QED) is 0.889. The van der Waals surface area contributed by atoms with E-state index in [0.717, 1.165) is 5.76 Å². The highest BCUT2D eigenvalue weighted by Crippen LogP contribution is 2.32. The molecule has 7 heteroatoms. The predicted octanol–water partition coefficient (Wildman–Crippen LogP) is 3.31. The van der Waals surface area contributed by atoms with Gasteiger partial charge in [0.15, 0.2) is 6.10 Å². The molecule has 0 aliphatic carbocycles. The number of nitrogens with zero attached hydrogens (tertiary/aromatic N) is 1. The molecule has 0 spiro atoms. The van der Waals surface area contributed by atoms with Gasteiger partial charge in [-0.3, -0.25) is 0 Å². The number of rotatable bonds is 5. The molecule has 1 aromatic carbocycles. The highest BCUT2D eigenvalue weighted by Gasteiger charge is 2.39. The topological polar surface area (TPSA) is 58.3 Å². The number of anilines is 1. The van der Waals surface area contributed by atoms with Crippen LogP contribution in [0.5, 0.6) is 0 Å². The van der Waals surface area contributed by atoms with Gasteiger partial charge in [0.1, 0.15) is 5.76 Å². The summed E-state index contributed by atoms with van der Waals surface area (Å²) in [7, 11) is 0. The van der Waals surface area contributed by atoms with E-state index in [1.165, 1.54) is 24.3 Å². The Hall–Kier alpha value is -2.02. The van der Waals surface area contributed by atoms with E-state index in [9.17, 15) is 13.2 Å². The van der Waals surface area contributed by atoms with Gasteiger partial charge in [-0.15, -0.1) is 0 Å². The summed E-state index contributed by atoms with van der Waals surface area (Å²) in [4.78, 5) is 0. The van der Waals surface area contributed by atoms with Crippen molar-refractivity contribution < 1.29 is 22.8 Å². The van der Waals surface area contributed by atoms with Crippen LogP contribution in [0.3, 0.4) is 0 Å². The molecule has 2 unspecified atom stereocenters. The Kier molecular flexibility index (Phi) is 4.52. The average Bonchev–Trinajstić information content (AvgIpc) is 2.90. The van der Waals surface area contributed by atoms with Gasteiger partial charge in [-0.05, 0) is 24.6 Å². The van der Waals surface area contributed by atoms with Crippen LogP contribution in [-0.4, -0.2) is 22.5 Å². The normalized spacial score (nSPS) is 14.7. The fraction of sp³-hybridized carbons (Fsp3) is 0.357. The summed E-state index contributed by atoms with van der Waals surface area (Å²) in [6, 6.07) is 7.28. The second-order valence-electron chi connectivity index (χ2n) is 4.79. The third-order valence-electron chi connectivity index (χ3n) is 2.95. The molecule has 4 nitrogen and oxygen atoms in total. The highest BCUT2D eigenvalue weighted by atomic mass is 19.4. The van der Waals surface area contributed by atoms with E-state index in [0.29, 0.717) is 12.1 Å². The number of aliphatic hydroxyl groups excluding tert-OH is 1. The van der Waals surface area contributed by atoms with E-state index >= 15 is 0 Å². The average molecular weight is 300 g/mol. The molecule has 2 rings (SSSR count). The van der Waals surface area contributed by atoms with Gasteiger partial charge in [-0.25, -0.2) is 0 Å². The third-order valence-corrected chi connectivity index (χ3v) is 2.95. The van der Waals surface area contributed by atoms with Gasteiger partial charge in [0.05, 0.1) is 6.20 Å². The fourth-order valence-corrected chi connectivity index (χ4v) is 1.94. The number of hydrogen-bond acceptors (Lipinski definition) is 4. The lowest BCUT2D eigenvalue weighted by Crippen LogP contribution is -2.20. The molecule has 2 atom stereocenters. The number of halogens is 3. The summed E-state index contributed by atoms with van der Waals surface area (Å²) >= 11 is 0. The molecule has 1 heterocycles. The Morgan fingerprint density at radius 2 is 1.90 bits per heavy atom. The van der Waals surface area contributed by atoms with E-state index < -0.39 is 12.3 Å². The van der Waals surface area contributed by atoms with Gasteiger partial charge in [0.25, 0.3) is 0 Å². The van der Waals surface area contributed by atoms with Crippen LogP contribution in [0.2, 0.25) is 0 Å². The maximum Gasteiger partial charge on any atom is 0.418 e. The smallest absolute Gasteiger partial charge is 0.382 e. The molecule has 2 aromatic rings. The molecule has 0 aliphatic rings. The second kappa shape index (κ2) is 6.17. The zero-order chi connectivity index (χ0) is 15.5. The van der Waals surface area contributed by atoms with Crippen LogP contribution in [0.1, 0.15) is 24.4 Å². The van der Waals surface area contributed by atoms with Crippen molar-refractivity contribution in [3.8, 4) is 0 Å². The van der Waals surface area contributed by atoms with Gasteiger partial charge in [0, 0.05) is 24.2 Å². The largest absolute Gasteiger partial charge is 0.418 e. The second-order valence-corrected chi connectivity index (χ2v) is 4.79. The minimum absolute atomic E-state index is 0.0244. The van der Waals surface area contributed by atoms with Gasteiger partial charge >= 0.3 is 6.18 Å². The summed E-state index contributed by atoms with van der Waals surface area (Å²) in [6.07, 6.45) is -4.96. The minimum atomic E-state index is -4.66. The number of hydrogen-bond donors (Lipinski definition) is 2. The SMILES string of the molecule is CC(Cc1ccno1)Nc1ccc(C(O)C(F)(F)F)cc1. The Labute approximate surface area is 119 Å². The Morgan fingerprint density at radius 1 is 1.24 bits per heavy atom. The van der Waals surface area contributed by atoms with Crippen molar-refractivity contribution in [3.05, 3.63) is 47.9 Å². The minimum Gasteiger partial charge on any atom is -0.382 e. The molecule has 0 saturated carbocycles. The van der Waals surface area contributed by atoms with Crippen LogP contribution >= 0.6 is 0 Å². The fourth-order valence-electron chi connectivity index (χ4n) is 1.94. The monoisotopic (exact) mass is 300 g/mol. The standard InChI is InChI=1S/C14H15F3N2O2/c1-9(8-12-6-7-18-21-12)19-11-4-2-10(3-5-11)13(20)14(15,16)17/h2-7,9,13,19-20H,8H2,1H3.